The van der Waals surface area contributed by atoms with Gasteiger partial charge in [-0.1, -0.05) is 16.8 Å². The van der Waals surface area contributed by atoms with Gasteiger partial charge in [0.2, 0.25) is 18.5 Å². The number of aromatic nitrogens is 1. The largest absolute Gasteiger partial charge is 0.592 e. The van der Waals surface area contributed by atoms with Crippen molar-refractivity contribution < 1.29 is 14.5 Å². The second-order valence-electron chi connectivity index (χ2n) is 2.22. The lowest BCUT2D eigenvalue weighted by Crippen LogP contribution is -2.34. The molecule has 0 spiro atoms. The lowest BCUT2D eigenvalue weighted by atomic mass is 10.5. The Morgan fingerprint density at radius 3 is 2.77 bits per heavy atom. The van der Waals surface area contributed by atoms with Crippen molar-refractivity contribution in [3.8, 4) is 0 Å². The molecule has 0 fully saturated rings. The molecule has 1 rings (SSSR count). The summed E-state index contributed by atoms with van der Waals surface area (Å²) in [6.07, 6.45) is 4.16. The molecule has 1 heterocycles. The summed E-state index contributed by atoms with van der Waals surface area (Å²) < 4.78 is 6.03. The van der Waals surface area contributed by atoms with E-state index in [-0.39, 0.29) is 6.61 Å². The van der Waals surface area contributed by atoms with Crippen LogP contribution < -0.4 is 9.78 Å². The molecule has 0 atom stereocenters. The van der Waals surface area contributed by atoms with Crippen molar-refractivity contribution in [2.24, 2.45) is 5.10 Å². The van der Waals surface area contributed by atoms with E-state index in [0.29, 0.717) is 0 Å². The summed E-state index contributed by atoms with van der Waals surface area (Å²) in [5.74, 6) is 0. The quantitative estimate of drug-likeness (QED) is 0.275. The normalized spacial score (nSPS) is 10.9. The maximum absolute atomic E-state index is 10.9. The van der Waals surface area contributed by atoms with Crippen LogP contribution >= 0.6 is 0 Å². The SMILES string of the molecule is C=CCO/C([O-])=N/[n+]1ccccc1. The summed E-state index contributed by atoms with van der Waals surface area (Å²) in [6.45, 7) is 3.59. The van der Waals surface area contributed by atoms with Crippen molar-refractivity contribution in [1.82, 2.24) is 0 Å². The van der Waals surface area contributed by atoms with Gasteiger partial charge in [-0.3, -0.25) is 0 Å². The van der Waals surface area contributed by atoms with Crippen molar-refractivity contribution in [3.05, 3.63) is 43.2 Å². The molecule has 0 aliphatic carbocycles. The predicted octanol–water partition coefficient (Wildman–Crippen LogP) is -0.344. The van der Waals surface area contributed by atoms with Gasteiger partial charge in [0.25, 0.3) is 0 Å². The van der Waals surface area contributed by atoms with Crippen LogP contribution in [0, 0.1) is 0 Å². The Morgan fingerprint density at radius 1 is 1.46 bits per heavy atom. The molecule has 0 unspecified atom stereocenters. The highest BCUT2D eigenvalue weighted by molar-refractivity contribution is 5.60. The summed E-state index contributed by atoms with van der Waals surface area (Å²) in [5.41, 5.74) is 0. The van der Waals surface area contributed by atoms with E-state index in [2.05, 4.69) is 16.4 Å². The number of hydrogen-bond donors (Lipinski definition) is 0. The second-order valence-corrected chi connectivity index (χ2v) is 2.22. The van der Waals surface area contributed by atoms with E-state index in [4.69, 9.17) is 0 Å². The van der Waals surface area contributed by atoms with Gasteiger partial charge in [-0.15, -0.1) is 6.58 Å². The molecule has 0 saturated heterocycles. The molecule has 0 aliphatic heterocycles. The highest BCUT2D eigenvalue weighted by Crippen LogP contribution is 1.78. The van der Waals surface area contributed by atoms with Gasteiger partial charge in [-0.05, 0) is 0 Å². The number of nitrogens with zero attached hydrogens (tertiary/aromatic N) is 2. The zero-order valence-electron chi connectivity index (χ0n) is 7.09. The molecule has 68 valence electrons. The van der Waals surface area contributed by atoms with E-state index in [1.165, 1.54) is 10.8 Å². The second kappa shape index (κ2) is 4.92. The molecule has 0 saturated carbocycles. The van der Waals surface area contributed by atoms with Gasteiger partial charge in [0.1, 0.15) is 0 Å². The van der Waals surface area contributed by atoms with E-state index in [1.807, 2.05) is 6.07 Å². The highest BCUT2D eigenvalue weighted by atomic mass is 16.6. The van der Waals surface area contributed by atoms with Crippen molar-refractivity contribution in [2.45, 2.75) is 0 Å². The first-order valence-electron chi connectivity index (χ1n) is 3.79. The standard InChI is InChI=1S/C9H10N2O2/c1-2-8-13-9(12)10-11-6-4-3-5-7-11/h2-7H,1,8H2. The van der Waals surface area contributed by atoms with Crippen LogP contribution in [-0.2, 0) is 4.74 Å². The molecular weight excluding hydrogens is 168 g/mol. The lowest BCUT2D eigenvalue weighted by molar-refractivity contribution is -0.682. The van der Waals surface area contributed by atoms with E-state index < -0.39 is 6.08 Å². The molecule has 0 aromatic carbocycles. The van der Waals surface area contributed by atoms with Gasteiger partial charge in [0, 0.05) is 23.8 Å². The first-order chi connectivity index (χ1) is 6.33. The number of ether oxygens (including phenoxy) is 1. The predicted molar refractivity (Wildman–Crippen MR) is 45.6 cm³/mol. The third-order valence-corrected chi connectivity index (χ3v) is 1.22. The van der Waals surface area contributed by atoms with E-state index in [0.717, 1.165) is 0 Å². The minimum Gasteiger partial charge on any atom is -0.592 e. The summed E-state index contributed by atoms with van der Waals surface area (Å²) in [7, 11) is 0. The Labute approximate surface area is 76.4 Å². The third kappa shape index (κ3) is 3.37. The Hall–Kier alpha value is -1.84. The first-order valence-corrected chi connectivity index (χ1v) is 3.79. The Bertz CT molecular complexity index is 296. The van der Waals surface area contributed by atoms with Crippen molar-refractivity contribution in [3.63, 3.8) is 0 Å². The summed E-state index contributed by atoms with van der Waals surface area (Å²) >= 11 is 0. The van der Waals surface area contributed by atoms with Crippen molar-refractivity contribution in [1.29, 1.82) is 0 Å². The van der Waals surface area contributed by atoms with Crippen LogP contribution in [0.3, 0.4) is 0 Å². The minimum atomic E-state index is -0.629. The monoisotopic (exact) mass is 178 g/mol. The molecule has 13 heavy (non-hydrogen) atoms. The average Bonchev–Trinajstić information content (AvgIpc) is 2.16. The number of rotatable bonds is 3. The molecule has 0 radical (unpaired) electrons. The Balaban J connectivity index is 2.60. The fourth-order valence-corrected chi connectivity index (χ4v) is 0.710. The molecule has 0 N–H and O–H groups in total. The summed E-state index contributed by atoms with van der Waals surface area (Å²) in [4.78, 5) is 0. The van der Waals surface area contributed by atoms with Gasteiger partial charge in [-0.2, -0.15) is 0 Å². The van der Waals surface area contributed by atoms with Gasteiger partial charge in [-0.25, -0.2) is 0 Å². The summed E-state index contributed by atoms with van der Waals surface area (Å²) in [6, 6.07) is 5.37. The molecule has 0 aliphatic rings. The minimum absolute atomic E-state index is 0.176. The van der Waals surface area contributed by atoms with E-state index in [1.54, 1.807) is 24.5 Å². The van der Waals surface area contributed by atoms with Gasteiger partial charge in [0.05, 0.1) is 0 Å². The summed E-state index contributed by atoms with van der Waals surface area (Å²) in [5, 5.41) is 14.5. The van der Waals surface area contributed by atoms with Crippen LogP contribution in [0.25, 0.3) is 0 Å². The smallest absolute Gasteiger partial charge is 0.222 e. The van der Waals surface area contributed by atoms with Crippen LogP contribution in [0.2, 0.25) is 0 Å². The van der Waals surface area contributed by atoms with Crippen LogP contribution in [0.5, 0.6) is 0 Å². The van der Waals surface area contributed by atoms with Gasteiger partial charge in [0.15, 0.2) is 0 Å². The molecule has 0 amide bonds. The topological polar surface area (TPSA) is 48.5 Å². The molecule has 4 heteroatoms. The van der Waals surface area contributed by atoms with E-state index >= 15 is 0 Å². The fraction of sp³-hybridized carbons (Fsp3) is 0.111. The maximum atomic E-state index is 10.9. The maximum Gasteiger partial charge on any atom is 0.222 e. The lowest BCUT2D eigenvalue weighted by Gasteiger charge is -2.06. The first kappa shape index (κ1) is 9.25. The Morgan fingerprint density at radius 2 is 2.15 bits per heavy atom. The van der Waals surface area contributed by atoms with E-state index in [9.17, 15) is 5.11 Å². The average molecular weight is 178 g/mol. The van der Waals surface area contributed by atoms with Crippen molar-refractivity contribution >= 4 is 6.08 Å². The molecular formula is C9H10N2O2. The number of pyridine rings is 1. The van der Waals surface area contributed by atoms with Crippen LogP contribution in [0.4, 0.5) is 0 Å². The Kier molecular flexibility index (Phi) is 3.50. The zero-order valence-corrected chi connectivity index (χ0v) is 7.09. The van der Waals surface area contributed by atoms with Crippen LogP contribution in [0.15, 0.2) is 48.3 Å². The third-order valence-electron chi connectivity index (χ3n) is 1.22. The van der Waals surface area contributed by atoms with Crippen LogP contribution in [-0.4, -0.2) is 12.7 Å². The molecule has 1 aromatic heterocycles. The van der Waals surface area contributed by atoms with Crippen LogP contribution in [0.1, 0.15) is 0 Å². The molecule has 0 bridgehead atoms. The van der Waals surface area contributed by atoms with Gasteiger partial charge < -0.3 is 9.84 Å². The number of hydrogen-bond acceptors (Lipinski definition) is 3. The molecule has 4 nitrogen and oxygen atoms in total. The highest BCUT2D eigenvalue weighted by Gasteiger charge is 1.92. The van der Waals surface area contributed by atoms with Crippen molar-refractivity contribution in [2.75, 3.05) is 6.61 Å². The van der Waals surface area contributed by atoms with Gasteiger partial charge >= 0.3 is 0 Å². The fourth-order valence-electron chi connectivity index (χ4n) is 0.710. The zero-order chi connectivity index (χ0) is 9.52. The molecule has 1 aromatic rings.